The maximum Gasteiger partial charge on any atom is 0.417 e. The molecule has 2 aromatic carbocycles. The average Bonchev–Trinajstić information content (AvgIpc) is 3.12. The van der Waals surface area contributed by atoms with Crippen molar-refractivity contribution < 1.29 is 22.7 Å². The molecule has 0 aliphatic heterocycles. The summed E-state index contributed by atoms with van der Waals surface area (Å²) < 4.78 is 56.3. The van der Waals surface area contributed by atoms with E-state index in [-0.39, 0.29) is 30.0 Å². The van der Waals surface area contributed by atoms with E-state index in [1.807, 2.05) is 4.68 Å². The van der Waals surface area contributed by atoms with Crippen molar-refractivity contribution in [1.82, 2.24) is 9.78 Å². The summed E-state index contributed by atoms with van der Waals surface area (Å²) >= 11 is 0. The van der Waals surface area contributed by atoms with Crippen LogP contribution in [0, 0.1) is 18.7 Å². The standard InChI is InChI=1S/C26H28F4N2O/c1-3-24-11-12-25(33,26(28,29)30)14-18(24)5-4-6-21-16(2)23-17(13-22(21)24)15-31-32(23)20-9-7-19(27)8-10-20/h7-10,13,15,18,33H,3-6,11-12,14H2,1-2H3. The van der Waals surface area contributed by atoms with Gasteiger partial charge in [0.2, 0.25) is 0 Å². The van der Waals surface area contributed by atoms with Crippen LogP contribution in [0.2, 0.25) is 0 Å². The Bertz CT molecular complexity index is 1200. The van der Waals surface area contributed by atoms with Gasteiger partial charge in [-0.15, -0.1) is 0 Å². The second kappa shape index (κ2) is 7.55. The van der Waals surface area contributed by atoms with E-state index in [1.54, 1.807) is 18.3 Å². The van der Waals surface area contributed by atoms with Crippen molar-refractivity contribution >= 4 is 10.9 Å². The van der Waals surface area contributed by atoms with Crippen LogP contribution >= 0.6 is 0 Å². The van der Waals surface area contributed by atoms with Crippen LogP contribution in [0.5, 0.6) is 0 Å². The highest BCUT2D eigenvalue weighted by molar-refractivity contribution is 5.86. The number of aryl methyl sites for hydroxylation is 1. The van der Waals surface area contributed by atoms with Crippen molar-refractivity contribution in [3.05, 3.63) is 59.0 Å². The fourth-order valence-corrected chi connectivity index (χ4v) is 6.48. The number of fused-ring (bicyclic) bond motifs is 4. The Morgan fingerprint density at radius 2 is 1.91 bits per heavy atom. The predicted octanol–water partition coefficient (Wildman–Crippen LogP) is 6.55. The molecule has 3 unspecified atom stereocenters. The Kier molecular flexibility index (Phi) is 5.12. The summed E-state index contributed by atoms with van der Waals surface area (Å²) in [4.78, 5) is 0. The van der Waals surface area contributed by atoms with Crippen molar-refractivity contribution in [2.75, 3.05) is 0 Å². The van der Waals surface area contributed by atoms with E-state index in [0.29, 0.717) is 12.8 Å². The summed E-state index contributed by atoms with van der Waals surface area (Å²) in [6.45, 7) is 4.11. The maximum absolute atomic E-state index is 13.7. The van der Waals surface area contributed by atoms with Crippen LogP contribution in [0.15, 0.2) is 36.5 Å². The molecule has 3 atom stereocenters. The highest BCUT2D eigenvalue weighted by Crippen LogP contribution is 2.57. The van der Waals surface area contributed by atoms with Crippen molar-refractivity contribution in [1.29, 1.82) is 0 Å². The lowest BCUT2D eigenvalue weighted by Gasteiger charge is -2.50. The van der Waals surface area contributed by atoms with Gasteiger partial charge in [-0.05, 0) is 110 Å². The summed E-state index contributed by atoms with van der Waals surface area (Å²) in [5.74, 6) is -0.541. The Balaban J connectivity index is 1.66. The van der Waals surface area contributed by atoms with Gasteiger partial charge in [-0.1, -0.05) is 6.92 Å². The molecule has 2 aliphatic carbocycles. The molecular weight excluding hydrogens is 432 g/mol. The quantitative estimate of drug-likeness (QED) is 0.441. The molecule has 1 saturated carbocycles. The first-order valence-electron chi connectivity index (χ1n) is 11.7. The molecule has 176 valence electrons. The Morgan fingerprint density at radius 3 is 2.58 bits per heavy atom. The topological polar surface area (TPSA) is 38.1 Å². The zero-order valence-electron chi connectivity index (χ0n) is 18.8. The largest absolute Gasteiger partial charge is 0.417 e. The van der Waals surface area contributed by atoms with Crippen molar-refractivity contribution in [3.63, 3.8) is 0 Å². The number of rotatable bonds is 2. The molecule has 2 aliphatic rings. The van der Waals surface area contributed by atoms with Gasteiger partial charge in [-0.2, -0.15) is 18.3 Å². The molecule has 0 spiro atoms. The third-order valence-electron chi connectivity index (χ3n) is 8.33. The number of halogens is 4. The van der Waals surface area contributed by atoms with Crippen LogP contribution in [0.3, 0.4) is 0 Å². The van der Waals surface area contributed by atoms with Gasteiger partial charge in [0.15, 0.2) is 5.60 Å². The highest BCUT2D eigenvalue weighted by atomic mass is 19.4. The van der Waals surface area contributed by atoms with Gasteiger partial charge >= 0.3 is 6.18 Å². The Hall–Kier alpha value is -2.41. The van der Waals surface area contributed by atoms with E-state index >= 15 is 0 Å². The molecule has 33 heavy (non-hydrogen) atoms. The first kappa shape index (κ1) is 22.4. The zero-order valence-corrected chi connectivity index (χ0v) is 18.8. The normalized spacial score (nSPS) is 27.8. The lowest BCUT2D eigenvalue weighted by molar-refractivity contribution is -0.279. The van der Waals surface area contributed by atoms with E-state index < -0.39 is 11.8 Å². The van der Waals surface area contributed by atoms with Gasteiger partial charge in [-0.25, -0.2) is 9.07 Å². The van der Waals surface area contributed by atoms with Gasteiger partial charge in [0.1, 0.15) is 5.82 Å². The minimum atomic E-state index is -4.61. The van der Waals surface area contributed by atoms with E-state index in [1.165, 1.54) is 17.7 Å². The molecule has 0 radical (unpaired) electrons. The number of hydrogen-bond acceptors (Lipinski definition) is 2. The van der Waals surface area contributed by atoms with Gasteiger partial charge in [0.05, 0.1) is 17.4 Å². The molecule has 3 aromatic rings. The second-order valence-corrected chi connectivity index (χ2v) is 9.83. The molecule has 1 aromatic heterocycles. The number of hydrogen-bond donors (Lipinski definition) is 1. The maximum atomic E-state index is 13.7. The van der Waals surface area contributed by atoms with E-state index in [9.17, 15) is 22.7 Å². The molecule has 7 heteroatoms. The number of aliphatic hydroxyl groups is 1. The van der Waals surface area contributed by atoms with Crippen LogP contribution in [0.25, 0.3) is 16.6 Å². The molecular formula is C26H28F4N2O. The van der Waals surface area contributed by atoms with E-state index in [0.717, 1.165) is 47.0 Å². The van der Waals surface area contributed by atoms with Gasteiger partial charge in [0, 0.05) is 5.39 Å². The zero-order chi connectivity index (χ0) is 23.6. The molecule has 0 amide bonds. The van der Waals surface area contributed by atoms with Crippen molar-refractivity contribution in [2.45, 2.75) is 76.0 Å². The summed E-state index contributed by atoms with van der Waals surface area (Å²) in [7, 11) is 0. The van der Waals surface area contributed by atoms with Crippen LogP contribution in [-0.4, -0.2) is 26.7 Å². The fourth-order valence-electron chi connectivity index (χ4n) is 6.48. The molecule has 0 bridgehead atoms. The molecule has 1 N–H and O–H groups in total. The molecule has 3 nitrogen and oxygen atoms in total. The minimum Gasteiger partial charge on any atom is -0.380 e. The minimum absolute atomic E-state index is 0.229. The summed E-state index contributed by atoms with van der Waals surface area (Å²) in [5.41, 5.74) is 2.11. The molecule has 5 rings (SSSR count). The van der Waals surface area contributed by atoms with Crippen LogP contribution in [0.4, 0.5) is 17.6 Å². The molecule has 1 fully saturated rings. The third kappa shape index (κ3) is 3.30. The van der Waals surface area contributed by atoms with Gasteiger partial charge in [-0.3, -0.25) is 0 Å². The number of alkyl halides is 3. The fraction of sp³-hybridized carbons (Fsp3) is 0.500. The lowest BCUT2D eigenvalue weighted by atomic mass is 9.56. The third-order valence-corrected chi connectivity index (χ3v) is 8.33. The lowest BCUT2D eigenvalue weighted by Crippen LogP contribution is -2.54. The van der Waals surface area contributed by atoms with Gasteiger partial charge in [0.25, 0.3) is 0 Å². The van der Waals surface area contributed by atoms with Gasteiger partial charge < -0.3 is 5.11 Å². The smallest absolute Gasteiger partial charge is 0.380 e. The van der Waals surface area contributed by atoms with Crippen molar-refractivity contribution in [3.8, 4) is 5.69 Å². The average molecular weight is 461 g/mol. The van der Waals surface area contributed by atoms with E-state index in [2.05, 4.69) is 25.0 Å². The predicted molar refractivity (Wildman–Crippen MR) is 119 cm³/mol. The first-order valence-corrected chi connectivity index (χ1v) is 11.7. The van der Waals surface area contributed by atoms with E-state index in [4.69, 9.17) is 0 Å². The highest BCUT2D eigenvalue weighted by Gasteiger charge is 2.60. The summed E-state index contributed by atoms with van der Waals surface area (Å²) in [5, 5.41) is 16.0. The van der Waals surface area contributed by atoms with Crippen LogP contribution < -0.4 is 0 Å². The number of nitrogens with zero attached hydrogens (tertiary/aromatic N) is 2. The van der Waals surface area contributed by atoms with Crippen molar-refractivity contribution in [2.24, 2.45) is 5.92 Å². The molecule has 0 saturated heterocycles. The number of aromatic nitrogens is 2. The Labute approximate surface area is 190 Å². The van der Waals surface area contributed by atoms with Crippen LogP contribution in [0.1, 0.15) is 62.1 Å². The summed E-state index contributed by atoms with van der Waals surface area (Å²) in [6.07, 6.45) is -0.0618. The van der Waals surface area contributed by atoms with Crippen LogP contribution in [-0.2, 0) is 11.8 Å². The number of benzene rings is 2. The monoisotopic (exact) mass is 460 g/mol. The second-order valence-electron chi connectivity index (χ2n) is 9.83. The SMILES string of the molecule is CCC12CCC(O)(C(F)(F)F)CC1CCCc1c2cc2cnn(-c3ccc(F)cc3)c2c1C. The first-order chi connectivity index (χ1) is 15.6. The molecule has 1 heterocycles. The Morgan fingerprint density at radius 1 is 1.18 bits per heavy atom. The summed E-state index contributed by atoms with van der Waals surface area (Å²) in [6, 6.07) is 8.31.